The van der Waals surface area contributed by atoms with Crippen molar-refractivity contribution in [2.45, 2.75) is 6.61 Å². The van der Waals surface area contributed by atoms with Crippen LogP contribution in [0.4, 0.5) is 0 Å². The Morgan fingerprint density at radius 2 is 2.08 bits per heavy atom. The number of benzene rings is 1. The minimum atomic E-state index is -0.0647. The molecule has 0 aliphatic carbocycles. The minimum absolute atomic E-state index is 0.0154. The van der Waals surface area contributed by atoms with Crippen LogP contribution in [0.2, 0.25) is 0 Å². The number of aliphatic hydroxyl groups is 1. The van der Waals surface area contributed by atoms with Crippen molar-refractivity contribution in [1.29, 1.82) is 0 Å². The maximum Gasteiger partial charge on any atom is 0.188 e. The number of fused-ring (bicyclic) bond motifs is 1. The van der Waals surface area contributed by atoms with E-state index in [4.69, 9.17) is 5.11 Å². The maximum atomic E-state index is 11.5. The van der Waals surface area contributed by atoms with Crippen molar-refractivity contribution < 1.29 is 5.11 Å². The molecule has 66 valence electrons. The molecule has 1 heterocycles. The molecule has 2 rings (SSSR count). The highest BCUT2D eigenvalue weighted by Gasteiger charge is 2.00. The lowest BCUT2D eigenvalue weighted by Crippen LogP contribution is -1.99. The fourth-order valence-electron chi connectivity index (χ4n) is 1.23. The van der Waals surface area contributed by atoms with Crippen LogP contribution >= 0.6 is 11.3 Å². The van der Waals surface area contributed by atoms with Gasteiger partial charge in [-0.2, -0.15) is 0 Å². The molecule has 0 radical (unpaired) electrons. The van der Waals surface area contributed by atoms with Gasteiger partial charge in [-0.3, -0.25) is 4.79 Å². The maximum absolute atomic E-state index is 11.5. The van der Waals surface area contributed by atoms with Crippen LogP contribution in [0, 0.1) is 0 Å². The Bertz CT molecular complexity index is 487. The van der Waals surface area contributed by atoms with Crippen molar-refractivity contribution in [3.63, 3.8) is 0 Å². The molecule has 0 fully saturated rings. The fourth-order valence-corrected chi connectivity index (χ4v) is 2.17. The Morgan fingerprint density at radius 3 is 2.85 bits per heavy atom. The van der Waals surface area contributed by atoms with Crippen LogP contribution in [0.5, 0.6) is 0 Å². The number of hydrogen-bond donors (Lipinski definition) is 1. The molecular formula is C10H8O2S. The Kier molecular flexibility index (Phi) is 2.12. The van der Waals surface area contributed by atoms with E-state index >= 15 is 0 Å². The molecule has 2 aromatic rings. The van der Waals surface area contributed by atoms with Gasteiger partial charge in [0, 0.05) is 21.0 Å². The molecule has 13 heavy (non-hydrogen) atoms. The Labute approximate surface area is 79.1 Å². The fraction of sp³-hybridized carbons (Fsp3) is 0.100. The van der Waals surface area contributed by atoms with E-state index in [1.807, 2.05) is 18.2 Å². The predicted octanol–water partition coefficient (Wildman–Crippen LogP) is 1.75. The molecule has 0 aliphatic heterocycles. The summed E-state index contributed by atoms with van der Waals surface area (Å²) in [6.07, 6.45) is 0. The van der Waals surface area contributed by atoms with Crippen LogP contribution in [-0.2, 0) is 6.61 Å². The van der Waals surface area contributed by atoms with Crippen molar-refractivity contribution in [3.05, 3.63) is 45.4 Å². The van der Waals surface area contributed by atoms with Crippen LogP contribution in [0.1, 0.15) is 4.88 Å². The van der Waals surface area contributed by atoms with Crippen LogP contribution < -0.4 is 5.43 Å². The van der Waals surface area contributed by atoms with Gasteiger partial charge < -0.3 is 5.11 Å². The Morgan fingerprint density at radius 1 is 1.31 bits per heavy atom. The zero-order valence-corrected chi connectivity index (χ0v) is 7.67. The van der Waals surface area contributed by atoms with Crippen LogP contribution in [0.25, 0.3) is 10.1 Å². The summed E-state index contributed by atoms with van der Waals surface area (Å²) in [4.78, 5) is 12.2. The van der Waals surface area contributed by atoms with Gasteiger partial charge in [-0.25, -0.2) is 0 Å². The van der Waals surface area contributed by atoms with Gasteiger partial charge in [0.05, 0.1) is 6.61 Å². The monoisotopic (exact) mass is 192 g/mol. The number of rotatable bonds is 1. The van der Waals surface area contributed by atoms with Gasteiger partial charge >= 0.3 is 0 Å². The molecule has 0 saturated carbocycles. The average molecular weight is 192 g/mol. The third-order valence-electron chi connectivity index (χ3n) is 1.84. The standard InChI is InChI=1S/C10H8O2S/c11-6-7-5-9(12)8-3-1-2-4-10(8)13-7/h1-5,11H,6H2. The first-order chi connectivity index (χ1) is 6.31. The summed E-state index contributed by atoms with van der Waals surface area (Å²) in [6, 6.07) is 8.91. The van der Waals surface area contributed by atoms with E-state index in [2.05, 4.69) is 0 Å². The van der Waals surface area contributed by atoms with Gasteiger partial charge in [0.15, 0.2) is 5.43 Å². The molecule has 1 aromatic heterocycles. The van der Waals surface area contributed by atoms with Crippen molar-refractivity contribution >= 4 is 21.4 Å². The van der Waals surface area contributed by atoms with E-state index in [0.29, 0.717) is 4.88 Å². The van der Waals surface area contributed by atoms with Gasteiger partial charge in [0.2, 0.25) is 0 Å². The van der Waals surface area contributed by atoms with Gasteiger partial charge in [0.25, 0.3) is 0 Å². The van der Waals surface area contributed by atoms with Crippen LogP contribution in [0.3, 0.4) is 0 Å². The molecule has 1 aromatic carbocycles. The van der Waals surface area contributed by atoms with Crippen LogP contribution in [-0.4, -0.2) is 5.11 Å². The third kappa shape index (κ3) is 1.48. The number of aliphatic hydroxyl groups excluding tert-OH is 1. The summed E-state index contributed by atoms with van der Waals surface area (Å²) in [5.41, 5.74) is -0.0154. The Balaban J connectivity index is 2.85. The van der Waals surface area contributed by atoms with Crippen molar-refractivity contribution in [1.82, 2.24) is 0 Å². The molecule has 0 bridgehead atoms. The smallest absolute Gasteiger partial charge is 0.188 e. The molecule has 3 heteroatoms. The van der Waals surface area contributed by atoms with Gasteiger partial charge in [-0.15, -0.1) is 11.3 Å². The molecule has 0 unspecified atom stereocenters. The molecule has 0 atom stereocenters. The molecule has 0 saturated heterocycles. The van der Waals surface area contributed by atoms with Gasteiger partial charge in [0.1, 0.15) is 0 Å². The first-order valence-electron chi connectivity index (χ1n) is 3.94. The van der Waals surface area contributed by atoms with E-state index in [1.54, 1.807) is 6.07 Å². The van der Waals surface area contributed by atoms with E-state index in [1.165, 1.54) is 17.4 Å². The van der Waals surface area contributed by atoms with E-state index in [-0.39, 0.29) is 12.0 Å². The summed E-state index contributed by atoms with van der Waals surface area (Å²) in [5, 5.41) is 9.62. The molecular weight excluding hydrogens is 184 g/mol. The molecule has 0 spiro atoms. The van der Waals surface area contributed by atoms with Crippen molar-refractivity contribution in [3.8, 4) is 0 Å². The highest BCUT2D eigenvalue weighted by Crippen LogP contribution is 2.18. The Hall–Kier alpha value is -1.19. The SMILES string of the molecule is O=c1cc(CO)sc2ccccc12. The predicted molar refractivity (Wildman–Crippen MR) is 54.0 cm³/mol. The van der Waals surface area contributed by atoms with E-state index < -0.39 is 0 Å². The third-order valence-corrected chi connectivity index (χ3v) is 2.93. The first kappa shape index (κ1) is 8.41. The summed E-state index contributed by atoms with van der Waals surface area (Å²) >= 11 is 1.45. The average Bonchev–Trinajstić information content (AvgIpc) is 2.18. The lowest BCUT2D eigenvalue weighted by molar-refractivity contribution is 0.285. The van der Waals surface area contributed by atoms with Gasteiger partial charge in [-0.05, 0) is 12.1 Å². The van der Waals surface area contributed by atoms with Crippen molar-refractivity contribution in [2.75, 3.05) is 0 Å². The normalized spacial score (nSPS) is 10.5. The van der Waals surface area contributed by atoms with Crippen LogP contribution in [0.15, 0.2) is 35.1 Å². The largest absolute Gasteiger partial charge is 0.391 e. The topological polar surface area (TPSA) is 37.3 Å². The van der Waals surface area contributed by atoms with Gasteiger partial charge in [-0.1, -0.05) is 12.1 Å². The second-order valence-electron chi connectivity index (χ2n) is 2.73. The zero-order chi connectivity index (χ0) is 9.26. The molecule has 0 aliphatic rings. The minimum Gasteiger partial charge on any atom is -0.391 e. The summed E-state index contributed by atoms with van der Waals surface area (Å²) < 4.78 is 0.930. The summed E-state index contributed by atoms with van der Waals surface area (Å²) in [6.45, 7) is -0.0647. The highest BCUT2D eigenvalue weighted by atomic mass is 32.1. The lowest BCUT2D eigenvalue weighted by Gasteiger charge is -1.97. The lowest BCUT2D eigenvalue weighted by atomic mass is 10.2. The summed E-state index contributed by atoms with van der Waals surface area (Å²) in [5.74, 6) is 0. The van der Waals surface area contributed by atoms with E-state index in [0.717, 1.165) is 10.1 Å². The molecule has 0 amide bonds. The second-order valence-corrected chi connectivity index (χ2v) is 3.90. The first-order valence-corrected chi connectivity index (χ1v) is 4.75. The highest BCUT2D eigenvalue weighted by molar-refractivity contribution is 7.18. The number of hydrogen-bond acceptors (Lipinski definition) is 3. The second kappa shape index (κ2) is 3.28. The molecule has 1 N–H and O–H groups in total. The van der Waals surface area contributed by atoms with Crippen molar-refractivity contribution in [2.24, 2.45) is 0 Å². The summed E-state index contributed by atoms with van der Waals surface area (Å²) in [7, 11) is 0. The molecule has 2 nitrogen and oxygen atoms in total. The van der Waals surface area contributed by atoms with E-state index in [9.17, 15) is 4.79 Å². The quantitative estimate of drug-likeness (QED) is 0.747. The zero-order valence-electron chi connectivity index (χ0n) is 6.86.